The molecule has 1 aliphatic rings. The van der Waals surface area contributed by atoms with E-state index in [2.05, 4.69) is 109 Å². The Kier molecular flexibility index (Phi) is 104. The predicted molar refractivity (Wildman–Crippen MR) is 614 cm³/mol. The number of hydrogen-bond donors (Lipinski definition) is 3. The van der Waals surface area contributed by atoms with E-state index in [4.69, 9.17) is 28.4 Å². The number of allylic oxidation sites excluding steroid dienone is 6. The van der Waals surface area contributed by atoms with Gasteiger partial charge in [-0.15, -0.1) is 0 Å². The van der Waals surface area contributed by atoms with Crippen LogP contribution in [0.15, 0.2) is 72.9 Å². The van der Waals surface area contributed by atoms with E-state index in [-0.39, 0.29) is 53.5 Å². The van der Waals surface area contributed by atoms with Gasteiger partial charge in [-0.1, -0.05) is 384 Å². The summed E-state index contributed by atoms with van der Waals surface area (Å²) in [7, 11) is 0. The number of carbonyl (C=O) groups is 9. The second kappa shape index (κ2) is 111. The Balaban J connectivity index is 3.38. The zero-order valence-electron chi connectivity index (χ0n) is 96.0. The largest absolute Gasteiger partial charge is 0.461 e. The van der Waals surface area contributed by atoms with Crippen molar-refractivity contribution in [1.82, 2.24) is 30.7 Å². The summed E-state index contributed by atoms with van der Waals surface area (Å²) in [6, 6.07) is 0. The highest BCUT2D eigenvalue weighted by atomic mass is 16.6. The molecule has 21 nitrogen and oxygen atoms in total. The summed E-state index contributed by atoms with van der Waals surface area (Å²) in [6.07, 6.45) is 104. The summed E-state index contributed by atoms with van der Waals surface area (Å²) in [4.78, 5) is 127. The van der Waals surface area contributed by atoms with Crippen LogP contribution in [0.1, 0.15) is 542 Å². The molecule has 0 aliphatic heterocycles. The number of carbonyl (C=O) groups excluding carboxylic acids is 9. The molecule has 0 saturated heterocycles. The number of rotatable bonds is 111. The first-order valence-corrected chi connectivity index (χ1v) is 62.0. The summed E-state index contributed by atoms with van der Waals surface area (Å²) < 4.78 is 32.9. The van der Waals surface area contributed by atoms with Crippen molar-refractivity contribution in [3.8, 4) is 0 Å². The third-order valence-electron chi connectivity index (χ3n) is 28.7. The zero-order chi connectivity index (χ0) is 106. The lowest BCUT2D eigenvalue weighted by molar-refractivity contribution is -0.143. The van der Waals surface area contributed by atoms with Crippen molar-refractivity contribution in [2.24, 2.45) is 17.8 Å². The minimum atomic E-state index is -0.502. The van der Waals surface area contributed by atoms with Gasteiger partial charge >= 0.3 is 35.8 Å². The minimum Gasteiger partial charge on any atom is -0.461 e. The Morgan fingerprint density at radius 1 is 0.184 bits per heavy atom. The lowest BCUT2D eigenvalue weighted by atomic mass is 9.74. The van der Waals surface area contributed by atoms with Crippen LogP contribution >= 0.6 is 0 Å². The second-order valence-electron chi connectivity index (χ2n) is 42.5. The third-order valence-corrected chi connectivity index (χ3v) is 28.7. The standard InChI is InChI=1S/C126H228N6O15/c1-7-13-19-25-43-61-79-106-142-118(133)88-67-49-31-37-55-73-97-130(98-74-56-38-32-50-68-89-119(134)143-107-80-62-44-26-20-14-8-2)103-85-94-127-124(139)115-112-116(125(140)128-95-86-104-131(99-75-57-39-33-51-69-90-120(135)144-108-81-63-45-27-21-15-9-3)100-76-58-40-34-52-70-91-121(136)145-109-82-64-46-28-22-16-10-4)114-117(113-115)126(141)129-96-87-105-132(101-77-59-41-35-53-71-92-122(137)146-110-83-65-47-29-23-17-11-5)102-78-60-42-36-54-72-93-123(138)147-111-84-66-48-30-24-18-12-6/h61-66,79-84,115-117H,7-60,67-78,85-114H2,1-6H3,(H,127,139)(H,128,140)(H,129,141)/b79-61-,80-62-,81-63-,82-64-,83-65-,84-66-/t115-,116+,117-. The van der Waals surface area contributed by atoms with Crippen molar-refractivity contribution in [3.05, 3.63) is 72.9 Å². The highest BCUT2D eigenvalue weighted by Gasteiger charge is 2.39. The van der Waals surface area contributed by atoms with Crippen LogP contribution < -0.4 is 16.0 Å². The molecular weight excluding hydrogens is 1840 g/mol. The first kappa shape index (κ1) is 139. The average molecular weight is 2070 g/mol. The third kappa shape index (κ3) is 97.5. The lowest BCUT2D eigenvalue weighted by Crippen LogP contribution is -2.45. The maximum Gasteiger partial charge on any atom is 0.306 e. The molecule has 0 atom stereocenters. The summed E-state index contributed by atoms with van der Waals surface area (Å²) in [6.45, 7) is 25.3. The van der Waals surface area contributed by atoms with Crippen LogP contribution in [0.2, 0.25) is 0 Å². The number of ether oxygens (including phenoxy) is 6. The Labute approximate surface area is 901 Å². The summed E-state index contributed by atoms with van der Waals surface area (Å²) in [5.74, 6) is -2.47. The van der Waals surface area contributed by atoms with E-state index in [0.717, 1.165) is 348 Å². The molecule has 21 heteroatoms. The monoisotopic (exact) mass is 2070 g/mol. The Morgan fingerprint density at radius 3 is 0.490 bits per heavy atom. The van der Waals surface area contributed by atoms with Crippen molar-refractivity contribution in [3.63, 3.8) is 0 Å². The SMILES string of the molecule is CCCCCC/C=C\COC(=O)CCCCCCCCN(CCCCCCCCC(=O)OC/C=C\CCCCCC)CCCNC(=O)[C@H]1C[C@@H](C(=O)NCCCN(CCCCCCCCC(=O)OC/C=C\CCCCCC)CCCCCCCCC(=O)OC/C=C\CCCCCC)C[C@@H](C(=O)NCCCN(CCCCCCCCC(=O)OC/C=C\CCCCCC)CCCCCCCCC(=O)OC/C=C\CCCCCC)C1. The van der Waals surface area contributed by atoms with E-state index in [0.29, 0.717) is 117 Å². The quantitative estimate of drug-likeness (QED) is 0.0221. The Bertz CT molecular complexity index is 2730. The summed E-state index contributed by atoms with van der Waals surface area (Å²) >= 11 is 0. The molecule has 3 amide bonds. The smallest absolute Gasteiger partial charge is 0.306 e. The van der Waals surface area contributed by atoms with E-state index in [9.17, 15) is 43.2 Å². The predicted octanol–water partition coefficient (Wildman–Crippen LogP) is 31.2. The van der Waals surface area contributed by atoms with Crippen LogP contribution in [0.5, 0.6) is 0 Å². The number of nitrogens with one attached hydrogen (secondary N) is 3. The minimum absolute atomic E-state index is 0.0858. The van der Waals surface area contributed by atoms with Crippen LogP contribution in [0.4, 0.5) is 0 Å². The highest BCUT2D eigenvalue weighted by molar-refractivity contribution is 5.86. The Hall–Kier alpha value is -6.45. The average Bonchev–Trinajstić information content (AvgIpc) is 0.824. The van der Waals surface area contributed by atoms with Crippen molar-refractivity contribution in [1.29, 1.82) is 0 Å². The molecule has 852 valence electrons. The lowest BCUT2D eigenvalue weighted by Gasteiger charge is -2.33. The maximum atomic E-state index is 14.7. The number of esters is 6. The van der Waals surface area contributed by atoms with Crippen molar-refractivity contribution >= 4 is 53.5 Å². The first-order chi connectivity index (χ1) is 72.2. The van der Waals surface area contributed by atoms with E-state index in [1.165, 1.54) is 154 Å². The molecule has 0 unspecified atom stereocenters. The molecule has 1 fully saturated rings. The van der Waals surface area contributed by atoms with Crippen LogP contribution in [0.3, 0.4) is 0 Å². The molecule has 0 aromatic carbocycles. The van der Waals surface area contributed by atoms with Gasteiger partial charge in [-0.25, -0.2) is 0 Å². The fraction of sp³-hybridized carbons (Fsp3) is 0.833. The molecule has 3 N–H and O–H groups in total. The molecule has 0 bridgehead atoms. The molecule has 1 aliphatic carbocycles. The molecule has 1 saturated carbocycles. The number of nitrogens with zero attached hydrogens (tertiary/aromatic N) is 3. The maximum absolute atomic E-state index is 14.7. The highest BCUT2D eigenvalue weighted by Crippen LogP contribution is 2.35. The topological polar surface area (TPSA) is 255 Å². The van der Waals surface area contributed by atoms with Crippen molar-refractivity contribution in [2.75, 3.05) is 118 Å². The van der Waals surface area contributed by atoms with Gasteiger partial charge < -0.3 is 59.1 Å². The van der Waals surface area contributed by atoms with Gasteiger partial charge in [0, 0.05) is 75.9 Å². The fourth-order valence-electron chi connectivity index (χ4n) is 19.3. The van der Waals surface area contributed by atoms with E-state index >= 15 is 0 Å². The number of hydrogen-bond acceptors (Lipinski definition) is 18. The molecule has 1 rings (SSSR count). The van der Waals surface area contributed by atoms with Gasteiger partial charge in [-0.2, -0.15) is 0 Å². The molecule has 0 aromatic heterocycles. The van der Waals surface area contributed by atoms with Crippen LogP contribution in [-0.2, 0) is 71.6 Å². The van der Waals surface area contributed by atoms with Gasteiger partial charge in [-0.05, 0) is 252 Å². The zero-order valence-corrected chi connectivity index (χ0v) is 96.0. The first-order valence-electron chi connectivity index (χ1n) is 62.0. The summed E-state index contributed by atoms with van der Waals surface area (Å²) in [5.41, 5.74) is 0. The Morgan fingerprint density at radius 2 is 0.327 bits per heavy atom. The van der Waals surface area contributed by atoms with Gasteiger partial charge in [0.1, 0.15) is 39.6 Å². The van der Waals surface area contributed by atoms with Crippen LogP contribution in [0, 0.1) is 17.8 Å². The van der Waals surface area contributed by atoms with Gasteiger partial charge in [0.15, 0.2) is 0 Å². The van der Waals surface area contributed by atoms with Crippen LogP contribution in [-0.4, -0.2) is 186 Å². The molecule has 147 heavy (non-hydrogen) atoms. The van der Waals surface area contributed by atoms with E-state index in [1.807, 2.05) is 36.5 Å². The molecular formula is C126H228N6O15. The number of unbranched alkanes of at least 4 members (excludes halogenated alkanes) is 54. The molecule has 0 radical (unpaired) electrons. The molecule has 0 aromatic rings. The second-order valence-corrected chi connectivity index (χ2v) is 42.5. The molecule has 0 spiro atoms. The van der Waals surface area contributed by atoms with E-state index < -0.39 is 17.8 Å². The normalized spacial score (nSPS) is 14.0. The van der Waals surface area contributed by atoms with Gasteiger partial charge in [0.05, 0.1) is 0 Å². The fourth-order valence-corrected chi connectivity index (χ4v) is 19.3. The van der Waals surface area contributed by atoms with Gasteiger partial charge in [-0.3, -0.25) is 43.2 Å². The number of amides is 3. The van der Waals surface area contributed by atoms with Gasteiger partial charge in [0.25, 0.3) is 0 Å². The van der Waals surface area contributed by atoms with Crippen LogP contribution in [0.25, 0.3) is 0 Å². The van der Waals surface area contributed by atoms with E-state index in [1.54, 1.807) is 0 Å². The summed E-state index contributed by atoms with van der Waals surface area (Å²) in [5, 5.41) is 10.0. The van der Waals surface area contributed by atoms with Gasteiger partial charge in [0.2, 0.25) is 17.7 Å². The van der Waals surface area contributed by atoms with Crippen molar-refractivity contribution in [2.45, 2.75) is 542 Å². The van der Waals surface area contributed by atoms with Crippen molar-refractivity contribution < 1.29 is 71.6 Å². The molecule has 0 heterocycles.